The zero-order chi connectivity index (χ0) is 22.3. The lowest BCUT2D eigenvalue weighted by Gasteiger charge is -2.29. The van der Waals surface area contributed by atoms with Gasteiger partial charge in [-0.15, -0.1) is 11.6 Å². The number of rotatable bonds is 9. The summed E-state index contributed by atoms with van der Waals surface area (Å²) in [6, 6.07) is 23.0. The Morgan fingerprint density at radius 1 is 0.710 bits per heavy atom. The maximum atomic E-state index is 10.9. The zero-order valence-corrected chi connectivity index (χ0v) is 18.5. The Labute approximate surface area is 187 Å². The lowest BCUT2D eigenvalue weighted by Crippen LogP contribution is -2.22. The Morgan fingerprint density at radius 3 is 1.45 bits per heavy atom. The number of halogens is 1. The minimum atomic E-state index is -0.922. The highest BCUT2D eigenvalue weighted by atomic mass is 35.5. The van der Waals surface area contributed by atoms with Gasteiger partial charge < -0.3 is 18.9 Å². The second-order valence-electron chi connectivity index (χ2n) is 6.83. The molecule has 0 spiro atoms. The first-order valence-corrected chi connectivity index (χ1v) is 10.2. The molecule has 0 aliphatic rings. The molecule has 0 N–H and O–H groups in total. The van der Waals surface area contributed by atoms with Crippen LogP contribution in [0.15, 0.2) is 72.8 Å². The summed E-state index contributed by atoms with van der Waals surface area (Å²) < 4.78 is 21.1. The molecule has 0 bridgehead atoms. The Balaban J connectivity index is 1.92. The molecule has 31 heavy (non-hydrogen) atoms. The Morgan fingerprint density at radius 2 is 1.10 bits per heavy atom. The molecule has 0 saturated carbocycles. The van der Waals surface area contributed by atoms with Gasteiger partial charge in [0, 0.05) is 6.92 Å². The van der Waals surface area contributed by atoms with E-state index in [9.17, 15) is 4.79 Å². The van der Waals surface area contributed by atoms with Crippen LogP contribution < -0.4 is 14.2 Å². The van der Waals surface area contributed by atoms with Crippen LogP contribution in [0.25, 0.3) is 0 Å². The van der Waals surface area contributed by atoms with Crippen molar-refractivity contribution in [3.63, 3.8) is 0 Å². The van der Waals surface area contributed by atoms with Gasteiger partial charge in [-0.3, -0.25) is 4.79 Å². The van der Waals surface area contributed by atoms with Gasteiger partial charge in [-0.1, -0.05) is 36.4 Å². The van der Waals surface area contributed by atoms with Gasteiger partial charge in [-0.25, -0.2) is 0 Å². The number of alkyl halides is 1. The van der Waals surface area contributed by atoms with Crippen molar-refractivity contribution in [1.29, 1.82) is 0 Å². The number of methoxy groups -OCH3 is 2. The van der Waals surface area contributed by atoms with Gasteiger partial charge in [0.15, 0.2) is 0 Å². The molecule has 0 aliphatic heterocycles. The normalized spacial score (nSPS) is 11.0. The van der Waals surface area contributed by atoms with Crippen molar-refractivity contribution in [3.8, 4) is 17.2 Å². The number of ether oxygens (including phenoxy) is 4. The minimum absolute atomic E-state index is 0.203. The third-order valence-electron chi connectivity index (χ3n) is 4.89. The zero-order valence-electron chi connectivity index (χ0n) is 17.8. The van der Waals surface area contributed by atoms with Gasteiger partial charge in [0.05, 0.1) is 14.2 Å². The molecule has 0 fully saturated rings. The number of benzene rings is 3. The number of hydrogen-bond acceptors (Lipinski definition) is 5. The first kappa shape index (κ1) is 22.5. The van der Waals surface area contributed by atoms with Crippen LogP contribution in [0.5, 0.6) is 17.2 Å². The van der Waals surface area contributed by atoms with Gasteiger partial charge in [0.1, 0.15) is 35.3 Å². The second kappa shape index (κ2) is 10.2. The molecule has 5 nitrogen and oxygen atoms in total. The quantitative estimate of drug-likeness (QED) is 0.199. The monoisotopic (exact) mass is 440 g/mol. The predicted octanol–water partition coefficient (Wildman–Crippen LogP) is 5.18. The van der Waals surface area contributed by atoms with E-state index in [1.807, 2.05) is 72.8 Å². The summed E-state index contributed by atoms with van der Waals surface area (Å²) in [6.07, 6.45) is 0. The van der Waals surface area contributed by atoms with Crippen LogP contribution in [0.1, 0.15) is 23.6 Å². The summed E-state index contributed by atoms with van der Waals surface area (Å²) in [6.45, 7) is 1.85. The van der Waals surface area contributed by atoms with Gasteiger partial charge in [-0.05, 0) is 53.1 Å². The van der Waals surface area contributed by atoms with Gasteiger partial charge in [-0.2, -0.15) is 0 Å². The predicted molar refractivity (Wildman–Crippen MR) is 120 cm³/mol. The van der Waals surface area contributed by atoms with Crippen LogP contribution in [0, 0.1) is 0 Å². The molecule has 0 aromatic heterocycles. The minimum Gasteiger partial charge on any atom is -0.497 e. The fourth-order valence-electron chi connectivity index (χ4n) is 3.27. The average molecular weight is 441 g/mol. The van der Waals surface area contributed by atoms with Crippen molar-refractivity contribution in [3.05, 3.63) is 89.5 Å². The summed E-state index contributed by atoms with van der Waals surface area (Å²) in [5, 5.41) is 0. The van der Waals surface area contributed by atoms with Crippen molar-refractivity contribution in [2.75, 3.05) is 27.4 Å². The van der Waals surface area contributed by atoms with Gasteiger partial charge in [0.2, 0.25) is 0 Å². The van der Waals surface area contributed by atoms with E-state index in [1.165, 1.54) is 6.92 Å². The fourth-order valence-corrected chi connectivity index (χ4v) is 3.65. The molecule has 0 saturated heterocycles. The summed E-state index contributed by atoms with van der Waals surface area (Å²) in [5.74, 6) is 1.85. The molecule has 0 unspecified atom stereocenters. The first-order valence-electron chi connectivity index (χ1n) is 9.82. The Hall–Kier alpha value is -3.18. The smallest absolute Gasteiger partial charge is 0.302 e. The van der Waals surface area contributed by atoms with E-state index >= 15 is 0 Å². The van der Waals surface area contributed by atoms with Crippen LogP contribution in [0.4, 0.5) is 0 Å². The Kier molecular flexibility index (Phi) is 7.42. The van der Waals surface area contributed by atoms with Gasteiger partial charge >= 0.3 is 5.97 Å². The van der Waals surface area contributed by atoms with E-state index < -0.39 is 4.87 Å². The van der Waals surface area contributed by atoms with E-state index in [0.717, 1.165) is 28.2 Å². The van der Waals surface area contributed by atoms with E-state index in [-0.39, 0.29) is 19.2 Å². The Bertz CT molecular complexity index is 934. The number of carbonyl (C=O) groups excluding carboxylic acids is 1. The molecule has 6 heteroatoms. The molecule has 0 heterocycles. The first-order chi connectivity index (χ1) is 15.0. The third-order valence-corrected chi connectivity index (χ3v) is 5.54. The van der Waals surface area contributed by atoms with E-state index in [1.54, 1.807) is 14.2 Å². The van der Waals surface area contributed by atoms with E-state index in [0.29, 0.717) is 5.75 Å². The third kappa shape index (κ3) is 5.30. The lowest BCUT2D eigenvalue weighted by atomic mass is 9.84. The highest BCUT2D eigenvalue weighted by Crippen LogP contribution is 2.44. The van der Waals surface area contributed by atoms with Crippen LogP contribution >= 0.6 is 11.6 Å². The average Bonchev–Trinajstić information content (AvgIpc) is 2.81. The number of carbonyl (C=O) groups is 1. The van der Waals surface area contributed by atoms with Crippen molar-refractivity contribution in [2.45, 2.75) is 11.8 Å². The maximum Gasteiger partial charge on any atom is 0.302 e. The van der Waals surface area contributed by atoms with E-state index in [4.69, 9.17) is 30.5 Å². The molecule has 162 valence electrons. The molecule has 0 amide bonds. The summed E-state index contributed by atoms with van der Waals surface area (Å²) in [5.41, 5.74) is 2.70. The maximum absolute atomic E-state index is 10.9. The SMILES string of the molecule is COc1ccc(C(Cl)(c2ccc(OC)cc2)c2ccc(OCCOC(C)=O)cc2)cc1. The fraction of sp³-hybridized carbons (Fsp3) is 0.240. The van der Waals surface area contributed by atoms with Gasteiger partial charge in [0.25, 0.3) is 0 Å². The van der Waals surface area contributed by atoms with Crippen molar-refractivity contribution < 1.29 is 23.7 Å². The highest BCUT2D eigenvalue weighted by Gasteiger charge is 2.34. The highest BCUT2D eigenvalue weighted by molar-refractivity contribution is 6.28. The summed E-state index contributed by atoms with van der Waals surface area (Å²) in [4.78, 5) is 9.93. The van der Waals surface area contributed by atoms with E-state index in [2.05, 4.69) is 0 Å². The summed E-state index contributed by atoms with van der Waals surface area (Å²) >= 11 is 7.34. The van der Waals surface area contributed by atoms with Crippen LogP contribution in [0.3, 0.4) is 0 Å². The molecule has 3 rings (SSSR count). The van der Waals surface area contributed by atoms with Crippen molar-refractivity contribution in [1.82, 2.24) is 0 Å². The van der Waals surface area contributed by atoms with Crippen LogP contribution in [-0.2, 0) is 14.4 Å². The topological polar surface area (TPSA) is 54.0 Å². The van der Waals surface area contributed by atoms with Crippen LogP contribution in [-0.4, -0.2) is 33.4 Å². The number of hydrogen-bond donors (Lipinski definition) is 0. The molecular formula is C25H25ClO5. The van der Waals surface area contributed by atoms with Crippen molar-refractivity contribution in [2.24, 2.45) is 0 Å². The molecule has 0 aliphatic carbocycles. The lowest BCUT2D eigenvalue weighted by molar-refractivity contribution is -0.141. The molecular weight excluding hydrogens is 416 g/mol. The van der Waals surface area contributed by atoms with Crippen LogP contribution in [0.2, 0.25) is 0 Å². The second-order valence-corrected chi connectivity index (χ2v) is 7.40. The number of esters is 1. The molecule has 0 atom stereocenters. The molecule has 3 aromatic carbocycles. The standard InChI is InChI=1S/C25H25ClO5/c1-18(27)30-16-17-31-24-14-8-21(9-15-24)25(26,19-4-10-22(28-2)11-5-19)20-6-12-23(29-3)13-7-20/h4-15H,16-17H2,1-3H3. The van der Waals surface area contributed by atoms with Crippen molar-refractivity contribution >= 4 is 17.6 Å². The largest absolute Gasteiger partial charge is 0.497 e. The molecule has 3 aromatic rings. The summed E-state index contributed by atoms with van der Waals surface area (Å²) in [7, 11) is 3.26. The molecule has 0 radical (unpaired) electrons.